The van der Waals surface area contributed by atoms with Crippen molar-refractivity contribution in [2.45, 2.75) is 130 Å². The fourth-order valence-electron chi connectivity index (χ4n) is 8.51. The van der Waals surface area contributed by atoms with E-state index in [1.54, 1.807) is 49.9 Å². The van der Waals surface area contributed by atoms with Crippen LogP contribution in [0.4, 0.5) is 4.79 Å². The molecule has 2 aliphatic heterocycles. The number of methoxy groups -OCH3 is 2. The molecule has 2 fully saturated rings. The van der Waals surface area contributed by atoms with Crippen molar-refractivity contribution in [1.29, 1.82) is 0 Å². The number of hydrogen-bond donors (Lipinski definition) is 3. The van der Waals surface area contributed by atoms with E-state index in [4.69, 9.17) is 18.9 Å². The minimum absolute atomic E-state index is 0.00875. The first kappa shape index (κ1) is 49.6. The van der Waals surface area contributed by atoms with Gasteiger partial charge < -0.3 is 49.6 Å². The standard InChI is InChI=1S/C44H74N6O9/c1-13-29(6)38(48(10)43(54)37(28(4)5)47-42(53)36(45-9)27(2)3)34(56-11)26-35(51)50-21-17-20-33(50)39(57-12)30(7)41(52)46-31(8)40(32-18-15-14-16-19-32)59-44(55)49-22-24-58-25-23-49/h14-16,18-19,27-31,33-34,36-40,45H,13,17,20-26H2,1-12H3,(H,46,52)(H,47,53)/t29-,30+,31+,33-,34?,36-,37-,38-,39+,40+/m0/s1. The Morgan fingerprint density at radius 1 is 0.864 bits per heavy atom. The van der Waals surface area contributed by atoms with Gasteiger partial charge in [0.25, 0.3) is 0 Å². The highest BCUT2D eigenvalue weighted by atomic mass is 16.6. The molecule has 0 aromatic heterocycles. The third-order valence-corrected chi connectivity index (χ3v) is 12.2. The Kier molecular flexibility index (Phi) is 20.0. The van der Waals surface area contributed by atoms with Crippen LogP contribution in [0.25, 0.3) is 0 Å². The number of carbonyl (C=O) groups excluding carboxylic acids is 5. The number of amides is 5. The van der Waals surface area contributed by atoms with Gasteiger partial charge in [0, 0.05) is 40.9 Å². The highest BCUT2D eigenvalue weighted by Crippen LogP contribution is 2.30. The Balaban J connectivity index is 1.77. The van der Waals surface area contributed by atoms with E-state index < -0.39 is 54.5 Å². The molecule has 0 saturated carbocycles. The van der Waals surface area contributed by atoms with Gasteiger partial charge >= 0.3 is 6.09 Å². The highest BCUT2D eigenvalue weighted by Gasteiger charge is 2.43. The normalized spacial score (nSPS) is 20.5. The zero-order valence-electron chi connectivity index (χ0n) is 37.7. The van der Waals surface area contributed by atoms with Crippen LogP contribution in [0, 0.1) is 23.7 Å². The Labute approximate surface area is 352 Å². The van der Waals surface area contributed by atoms with Crippen molar-refractivity contribution in [1.82, 2.24) is 30.7 Å². The third kappa shape index (κ3) is 13.1. The molecule has 15 heteroatoms. The van der Waals surface area contributed by atoms with E-state index in [2.05, 4.69) is 16.0 Å². The number of nitrogens with one attached hydrogen (secondary N) is 3. The molecule has 15 nitrogen and oxygen atoms in total. The van der Waals surface area contributed by atoms with Gasteiger partial charge in [-0.1, -0.05) is 85.2 Å². The van der Waals surface area contributed by atoms with Crippen LogP contribution in [0.1, 0.15) is 92.7 Å². The third-order valence-electron chi connectivity index (χ3n) is 12.2. The zero-order valence-corrected chi connectivity index (χ0v) is 37.7. The minimum atomic E-state index is -0.776. The number of morpholine rings is 1. The first-order valence-electron chi connectivity index (χ1n) is 21.5. The van der Waals surface area contributed by atoms with E-state index in [9.17, 15) is 24.0 Å². The van der Waals surface area contributed by atoms with Crippen LogP contribution < -0.4 is 16.0 Å². The molecular weight excluding hydrogens is 757 g/mol. The van der Waals surface area contributed by atoms with E-state index >= 15 is 0 Å². The molecule has 0 bridgehead atoms. The van der Waals surface area contributed by atoms with E-state index in [1.807, 2.05) is 78.8 Å². The maximum Gasteiger partial charge on any atom is 0.410 e. The summed E-state index contributed by atoms with van der Waals surface area (Å²) in [7, 11) is 6.56. The number of ether oxygens (including phenoxy) is 4. The van der Waals surface area contributed by atoms with Gasteiger partial charge in [0.15, 0.2) is 0 Å². The molecule has 59 heavy (non-hydrogen) atoms. The summed E-state index contributed by atoms with van der Waals surface area (Å²) in [5.74, 6) is -1.80. The van der Waals surface area contributed by atoms with Crippen molar-refractivity contribution in [3.05, 3.63) is 35.9 Å². The molecule has 334 valence electrons. The Morgan fingerprint density at radius 3 is 2.03 bits per heavy atom. The van der Waals surface area contributed by atoms with Crippen molar-refractivity contribution in [3.63, 3.8) is 0 Å². The first-order valence-corrected chi connectivity index (χ1v) is 21.5. The van der Waals surface area contributed by atoms with Gasteiger partial charge in [-0.25, -0.2) is 4.79 Å². The second-order valence-corrected chi connectivity index (χ2v) is 16.9. The van der Waals surface area contributed by atoms with Crippen molar-refractivity contribution in [2.75, 3.05) is 61.2 Å². The summed E-state index contributed by atoms with van der Waals surface area (Å²) < 4.78 is 23.5. The molecule has 10 atom stereocenters. The van der Waals surface area contributed by atoms with Gasteiger partial charge in [0.2, 0.25) is 23.6 Å². The summed E-state index contributed by atoms with van der Waals surface area (Å²) in [6.07, 6.45) is -0.375. The Morgan fingerprint density at radius 2 is 1.49 bits per heavy atom. The number of likely N-dealkylation sites (N-methyl/N-ethyl adjacent to an activating group) is 2. The largest absolute Gasteiger partial charge is 0.439 e. The molecule has 1 unspecified atom stereocenters. The van der Waals surface area contributed by atoms with Crippen LogP contribution in [0.2, 0.25) is 0 Å². The van der Waals surface area contributed by atoms with Gasteiger partial charge in [-0.2, -0.15) is 0 Å². The number of nitrogens with zero attached hydrogens (tertiary/aromatic N) is 3. The SMILES string of the molecule is CC[C@H](C)[C@@H](C(CC(=O)N1CCC[C@H]1[C@H](OC)[C@@H](C)C(=O)N[C@H](C)[C@@H](OC(=O)N1CCOCC1)c1ccccc1)OC)N(C)C(=O)[C@@H](NC(=O)[C@@H](NC)C(C)C)C(C)C. The molecule has 3 N–H and O–H groups in total. The number of benzene rings is 1. The molecule has 0 spiro atoms. The lowest BCUT2D eigenvalue weighted by atomic mass is 9.89. The average Bonchev–Trinajstić information content (AvgIpc) is 3.71. The second-order valence-electron chi connectivity index (χ2n) is 16.9. The summed E-state index contributed by atoms with van der Waals surface area (Å²) in [5.41, 5.74) is 0.749. The van der Waals surface area contributed by atoms with E-state index in [1.165, 1.54) is 0 Å². The van der Waals surface area contributed by atoms with Crippen molar-refractivity contribution in [2.24, 2.45) is 23.7 Å². The molecular formula is C44H74N6O9. The summed E-state index contributed by atoms with van der Waals surface area (Å²) in [4.78, 5) is 74.0. The molecule has 1 aromatic rings. The fraction of sp³-hybridized carbons (Fsp3) is 0.750. The Bertz CT molecular complexity index is 1490. The van der Waals surface area contributed by atoms with Gasteiger partial charge in [0.05, 0.1) is 61.9 Å². The predicted molar refractivity (Wildman–Crippen MR) is 226 cm³/mol. The molecule has 0 aliphatic carbocycles. The summed E-state index contributed by atoms with van der Waals surface area (Å²) >= 11 is 0. The summed E-state index contributed by atoms with van der Waals surface area (Å²) in [5, 5.41) is 9.13. The molecule has 2 saturated heterocycles. The average molecular weight is 831 g/mol. The van der Waals surface area contributed by atoms with Crippen LogP contribution in [0.3, 0.4) is 0 Å². The quantitative estimate of drug-likeness (QED) is 0.165. The lowest BCUT2D eigenvalue weighted by Gasteiger charge is -2.41. The van der Waals surface area contributed by atoms with Gasteiger partial charge in [-0.15, -0.1) is 0 Å². The maximum atomic E-state index is 14.3. The van der Waals surface area contributed by atoms with Crippen LogP contribution in [-0.2, 0) is 38.1 Å². The number of hydrogen-bond acceptors (Lipinski definition) is 10. The van der Waals surface area contributed by atoms with Gasteiger partial charge in [-0.3, -0.25) is 19.2 Å². The van der Waals surface area contributed by atoms with Gasteiger partial charge in [-0.05, 0) is 50.1 Å². The molecule has 0 radical (unpaired) electrons. The van der Waals surface area contributed by atoms with Crippen LogP contribution in [0.15, 0.2) is 30.3 Å². The zero-order chi connectivity index (χ0) is 44.0. The monoisotopic (exact) mass is 831 g/mol. The number of carbonyl (C=O) groups is 5. The lowest BCUT2D eigenvalue weighted by molar-refractivity contribution is -0.148. The van der Waals surface area contributed by atoms with Crippen molar-refractivity contribution < 1.29 is 42.9 Å². The van der Waals surface area contributed by atoms with Crippen molar-refractivity contribution >= 4 is 29.7 Å². The molecule has 3 rings (SSSR count). The fourth-order valence-corrected chi connectivity index (χ4v) is 8.51. The number of likely N-dealkylation sites (tertiary alicyclic amines) is 1. The van der Waals surface area contributed by atoms with Crippen LogP contribution in [0.5, 0.6) is 0 Å². The minimum Gasteiger partial charge on any atom is -0.439 e. The molecule has 2 aliphatic rings. The van der Waals surface area contributed by atoms with Crippen LogP contribution in [-0.4, -0.2) is 148 Å². The molecule has 1 aromatic carbocycles. The smallest absolute Gasteiger partial charge is 0.410 e. The highest BCUT2D eigenvalue weighted by molar-refractivity contribution is 5.90. The summed E-state index contributed by atoms with van der Waals surface area (Å²) in [6.45, 7) is 17.6. The van der Waals surface area contributed by atoms with E-state index in [-0.39, 0.29) is 53.8 Å². The first-order chi connectivity index (χ1) is 28.0. The van der Waals surface area contributed by atoms with E-state index in [0.717, 1.165) is 18.4 Å². The lowest BCUT2D eigenvalue weighted by Crippen LogP contribution is -2.59. The molecule has 2 heterocycles. The summed E-state index contributed by atoms with van der Waals surface area (Å²) in [6, 6.07) is 6.67. The van der Waals surface area contributed by atoms with Gasteiger partial charge in [0.1, 0.15) is 12.1 Å². The maximum absolute atomic E-state index is 14.3. The van der Waals surface area contributed by atoms with Crippen LogP contribution >= 0.6 is 0 Å². The Hall–Kier alpha value is -3.79. The van der Waals surface area contributed by atoms with Crippen molar-refractivity contribution in [3.8, 4) is 0 Å². The number of rotatable bonds is 21. The van der Waals surface area contributed by atoms with E-state index in [0.29, 0.717) is 39.3 Å². The molecule has 5 amide bonds. The predicted octanol–water partition coefficient (Wildman–Crippen LogP) is 4.01. The topological polar surface area (TPSA) is 168 Å². The second kappa shape index (κ2) is 23.9.